The molecule has 1 N–H and O–H groups in total. The number of carboxylic acid groups (broad SMARTS) is 1. The second-order valence-electron chi connectivity index (χ2n) is 5.32. The van der Waals surface area contributed by atoms with Gasteiger partial charge in [-0.1, -0.05) is 36.7 Å². The van der Waals surface area contributed by atoms with Crippen LogP contribution in [0.4, 0.5) is 0 Å². The Balaban J connectivity index is 0.000000921. The lowest BCUT2D eigenvalue weighted by molar-refractivity contribution is -0.137. The number of rotatable bonds is 6. The van der Waals surface area contributed by atoms with Crippen LogP contribution in [0.1, 0.15) is 44.7 Å². The number of halogens is 1. The van der Waals surface area contributed by atoms with Gasteiger partial charge in [-0.15, -0.1) is 0 Å². The molecular weight excluding hydrogens is 384 g/mol. The first-order chi connectivity index (χ1) is 13.5. The maximum absolute atomic E-state index is 10.7. The van der Waals surface area contributed by atoms with Gasteiger partial charge in [0.1, 0.15) is 18.6 Å². The van der Waals surface area contributed by atoms with Gasteiger partial charge in [0, 0.05) is 24.1 Å². The summed E-state index contributed by atoms with van der Waals surface area (Å²) >= 11 is 6.30. The van der Waals surface area contributed by atoms with E-state index in [1.165, 1.54) is 0 Å². The zero-order valence-corrected chi connectivity index (χ0v) is 16.8. The van der Waals surface area contributed by atoms with Crippen molar-refractivity contribution in [3.8, 4) is 5.75 Å². The summed E-state index contributed by atoms with van der Waals surface area (Å²) in [6.45, 7) is 7.88. The van der Waals surface area contributed by atoms with Crippen molar-refractivity contribution in [3.63, 3.8) is 0 Å². The van der Waals surface area contributed by atoms with Gasteiger partial charge >= 0.3 is 5.97 Å². The normalized spacial score (nSPS) is 10.9. The Morgan fingerprint density at radius 2 is 2.04 bits per heavy atom. The smallest absolute Gasteiger partial charge is 0.303 e. The first-order valence-corrected chi connectivity index (χ1v) is 9.08. The number of carbonyl (C=O) groups excluding carboxylic acids is 1. The first kappa shape index (κ1) is 23.1. The molecule has 150 valence electrons. The fourth-order valence-corrected chi connectivity index (χ4v) is 2.56. The summed E-state index contributed by atoms with van der Waals surface area (Å²) in [5.74, 6) is -0.426. The van der Waals surface area contributed by atoms with Crippen molar-refractivity contribution < 1.29 is 24.0 Å². The third-order valence-electron chi connectivity index (χ3n) is 3.58. The predicted molar refractivity (Wildman–Crippen MR) is 107 cm³/mol. The highest BCUT2D eigenvalue weighted by molar-refractivity contribution is 6.32. The first-order valence-electron chi connectivity index (χ1n) is 8.70. The number of aliphatic carboxylic acids is 1. The molecule has 2 heterocycles. The summed E-state index contributed by atoms with van der Waals surface area (Å²) in [5.41, 5.74) is 1.86. The topological polar surface area (TPSA) is 103 Å². The van der Waals surface area contributed by atoms with Crippen LogP contribution in [-0.2, 0) is 16.0 Å². The predicted octanol–water partition coefficient (Wildman–Crippen LogP) is 4.87. The minimum Gasteiger partial charge on any atom is -0.483 e. The van der Waals surface area contributed by atoms with Crippen molar-refractivity contribution in [3.05, 3.63) is 52.9 Å². The van der Waals surface area contributed by atoms with Crippen LogP contribution in [0.3, 0.4) is 0 Å². The second-order valence-corrected chi connectivity index (χ2v) is 5.72. The van der Waals surface area contributed by atoms with Crippen LogP contribution < -0.4 is 4.74 Å². The van der Waals surface area contributed by atoms with Gasteiger partial charge in [-0.25, -0.2) is 0 Å². The number of benzene rings is 1. The SMILES string of the molecule is C=O.CC.C[C@@H](Oc1cc2onc(CCC(=O)O)c2cc1Cl)c1ccccn1. The molecule has 0 spiro atoms. The summed E-state index contributed by atoms with van der Waals surface area (Å²) in [6, 6.07) is 8.94. The standard InChI is InChI=1S/C17H15ClN2O4.C2H6.CH2O/c1-10(13-4-2-3-7-19-13)23-16-9-15-11(8-12(16)18)14(20-24-15)5-6-17(21)22;2*1-2/h2-4,7-10H,5-6H2,1H3,(H,21,22);1-2H3;1H2/t10-;;/m1../s1. The zero-order valence-electron chi connectivity index (χ0n) is 16.0. The van der Waals surface area contributed by atoms with Gasteiger partial charge < -0.3 is 19.2 Å². The summed E-state index contributed by atoms with van der Waals surface area (Å²) < 4.78 is 11.1. The summed E-state index contributed by atoms with van der Waals surface area (Å²) in [5, 5.41) is 13.8. The summed E-state index contributed by atoms with van der Waals surface area (Å²) in [4.78, 5) is 22.9. The van der Waals surface area contributed by atoms with Crippen molar-refractivity contribution in [1.29, 1.82) is 0 Å². The molecule has 8 heteroatoms. The molecular formula is C20H23ClN2O5. The second kappa shape index (κ2) is 11.7. The molecule has 0 unspecified atom stereocenters. The van der Waals surface area contributed by atoms with E-state index in [4.69, 9.17) is 30.8 Å². The highest BCUT2D eigenvalue weighted by Crippen LogP contribution is 2.34. The number of carboxylic acids is 1. The molecule has 28 heavy (non-hydrogen) atoms. The molecule has 0 amide bonds. The van der Waals surface area contributed by atoms with E-state index >= 15 is 0 Å². The van der Waals surface area contributed by atoms with Crippen LogP contribution in [0, 0.1) is 0 Å². The van der Waals surface area contributed by atoms with Crippen LogP contribution in [0.5, 0.6) is 5.75 Å². The largest absolute Gasteiger partial charge is 0.483 e. The molecule has 1 aromatic carbocycles. The van der Waals surface area contributed by atoms with E-state index in [9.17, 15) is 4.79 Å². The highest BCUT2D eigenvalue weighted by Gasteiger charge is 2.16. The average molecular weight is 407 g/mol. The summed E-state index contributed by atoms with van der Waals surface area (Å²) in [7, 11) is 0. The number of hydrogen-bond acceptors (Lipinski definition) is 6. The molecule has 2 aromatic heterocycles. The Kier molecular flexibility index (Phi) is 9.67. The maximum Gasteiger partial charge on any atom is 0.303 e. The van der Waals surface area contributed by atoms with Crippen LogP contribution in [0.25, 0.3) is 11.0 Å². The lowest BCUT2D eigenvalue weighted by Gasteiger charge is -2.15. The minimum absolute atomic E-state index is 0.0196. The molecule has 3 aromatic rings. The van der Waals surface area contributed by atoms with E-state index in [0.717, 1.165) is 5.69 Å². The van der Waals surface area contributed by atoms with Gasteiger partial charge in [-0.2, -0.15) is 0 Å². The monoisotopic (exact) mass is 406 g/mol. The third kappa shape index (κ3) is 6.06. The molecule has 7 nitrogen and oxygen atoms in total. The highest BCUT2D eigenvalue weighted by atomic mass is 35.5. The van der Waals surface area contributed by atoms with E-state index < -0.39 is 5.97 Å². The molecule has 0 aliphatic rings. The van der Waals surface area contributed by atoms with Crippen LogP contribution >= 0.6 is 11.6 Å². The number of aromatic nitrogens is 2. The number of carbonyl (C=O) groups is 2. The molecule has 0 saturated carbocycles. The Morgan fingerprint density at radius 3 is 2.64 bits per heavy atom. The van der Waals surface area contributed by atoms with Gasteiger partial charge in [-0.05, 0) is 25.1 Å². The molecule has 0 bridgehead atoms. The average Bonchev–Trinajstić information content (AvgIpc) is 3.12. The Labute approximate surface area is 168 Å². The number of pyridine rings is 1. The Hall–Kier alpha value is -2.93. The molecule has 0 aliphatic heterocycles. The molecule has 1 atom stereocenters. The van der Waals surface area contributed by atoms with Crippen LogP contribution in [0.15, 0.2) is 41.1 Å². The number of aryl methyl sites for hydroxylation is 1. The van der Waals surface area contributed by atoms with E-state index in [0.29, 0.717) is 27.4 Å². The van der Waals surface area contributed by atoms with Crippen LogP contribution in [0.2, 0.25) is 5.02 Å². The maximum atomic E-state index is 10.7. The van der Waals surface area contributed by atoms with Gasteiger partial charge in [0.25, 0.3) is 0 Å². The molecule has 3 rings (SSSR count). The lowest BCUT2D eigenvalue weighted by atomic mass is 10.1. The molecule has 0 aliphatic carbocycles. The van der Waals surface area contributed by atoms with Crippen molar-refractivity contribution in [2.75, 3.05) is 0 Å². The van der Waals surface area contributed by atoms with E-state index in [2.05, 4.69) is 10.1 Å². The molecule has 0 fully saturated rings. The van der Waals surface area contributed by atoms with Crippen molar-refractivity contribution in [2.24, 2.45) is 0 Å². The van der Waals surface area contributed by atoms with Crippen molar-refractivity contribution in [2.45, 2.75) is 39.7 Å². The van der Waals surface area contributed by atoms with E-state index in [-0.39, 0.29) is 18.9 Å². The van der Waals surface area contributed by atoms with Gasteiger partial charge in [0.2, 0.25) is 0 Å². The van der Waals surface area contributed by atoms with Crippen LogP contribution in [-0.4, -0.2) is 28.0 Å². The van der Waals surface area contributed by atoms with Crippen molar-refractivity contribution >= 4 is 35.3 Å². The fraction of sp³-hybridized carbons (Fsp3) is 0.300. The van der Waals surface area contributed by atoms with E-state index in [1.807, 2.05) is 45.8 Å². The number of nitrogens with zero attached hydrogens (tertiary/aromatic N) is 2. The van der Waals surface area contributed by atoms with Gasteiger partial charge in [0.05, 0.1) is 22.8 Å². The Morgan fingerprint density at radius 1 is 1.32 bits per heavy atom. The van der Waals surface area contributed by atoms with E-state index in [1.54, 1.807) is 18.3 Å². The lowest BCUT2D eigenvalue weighted by Crippen LogP contribution is -2.05. The Bertz CT molecular complexity index is 883. The number of hydrogen-bond donors (Lipinski definition) is 1. The minimum atomic E-state index is -0.888. The quantitative estimate of drug-likeness (QED) is 0.622. The summed E-state index contributed by atoms with van der Waals surface area (Å²) in [6.07, 6.45) is 1.68. The number of ether oxygens (including phenoxy) is 1. The third-order valence-corrected chi connectivity index (χ3v) is 3.88. The fourth-order valence-electron chi connectivity index (χ4n) is 2.35. The number of fused-ring (bicyclic) bond motifs is 1. The molecule has 0 radical (unpaired) electrons. The zero-order chi connectivity index (χ0) is 21.1. The molecule has 0 saturated heterocycles. The van der Waals surface area contributed by atoms with Gasteiger partial charge in [0.15, 0.2) is 5.58 Å². The van der Waals surface area contributed by atoms with Crippen molar-refractivity contribution in [1.82, 2.24) is 10.1 Å². The van der Waals surface area contributed by atoms with Gasteiger partial charge in [-0.3, -0.25) is 9.78 Å².